The number of nitriles is 2. The Labute approximate surface area is 250 Å². The summed E-state index contributed by atoms with van der Waals surface area (Å²) in [6.07, 6.45) is -4.64. The largest absolute Gasteiger partial charge is 0.490 e. The van der Waals surface area contributed by atoms with Crippen LogP contribution in [0.15, 0.2) is 35.4 Å². The number of primary amides is 1. The summed E-state index contributed by atoms with van der Waals surface area (Å²) in [5, 5.41) is 26.6. The highest BCUT2D eigenvalue weighted by molar-refractivity contribution is 8.00. The number of nitrogens with zero attached hydrogens (tertiary/aromatic N) is 4. The van der Waals surface area contributed by atoms with Crippen molar-refractivity contribution in [2.24, 2.45) is 23.3 Å². The molecule has 15 heteroatoms. The molecule has 2 aromatic rings. The van der Waals surface area contributed by atoms with Gasteiger partial charge in [0.2, 0.25) is 5.91 Å². The van der Waals surface area contributed by atoms with E-state index in [0.29, 0.717) is 47.0 Å². The molecule has 2 heterocycles. The first-order chi connectivity index (χ1) is 20.2. The van der Waals surface area contributed by atoms with E-state index in [2.05, 4.69) is 17.1 Å². The molecule has 0 saturated carbocycles. The zero-order chi connectivity index (χ0) is 32.5. The van der Waals surface area contributed by atoms with E-state index in [-0.39, 0.29) is 24.0 Å². The minimum Gasteiger partial charge on any atom is -0.475 e. The number of hydrogen-bond acceptors (Lipinski definition) is 10. The van der Waals surface area contributed by atoms with E-state index in [1.807, 2.05) is 43.9 Å². The minimum atomic E-state index is -5.08. The van der Waals surface area contributed by atoms with Crippen molar-refractivity contribution in [3.8, 4) is 12.1 Å². The fourth-order valence-electron chi connectivity index (χ4n) is 3.94. The summed E-state index contributed by atoms with van der Waals surface area (Å²) in [4.78, 5) is 39.9. The lowest BCUT2D eigenvalue weighted by Crippen LogP contribution is -2.50. The average Bonchev–Trinajstić information content (AvgIpc) is 2.93. The predicted molar refractivity (Wildman–Crippen MR) is 150 cm³/mol. The summed E-state index contributed by atoms with van der Waals surface area (Å²) in [5.41, 5.74) is 13.5. The van der Waals surface area contributed by atoms with Gasteiger partial charge in [-0.3, -0.25) is 9.59 Å². The van der Waals surface area contributed by atoms with Crippen LogP contribution >= 0.6 is 11.8 Å². The Morgan fingerprint density at radius 1 is 1.16 bits per heavy atom. The molecule has 1 aliphatic heterocycles. The lowest BCUT2D eigenvalue weighted by atomic mass is 9.97. The van der Waals surface area contributed by atoms with Gasteiger partial charge in [0.25, 0.3) is 0 Å². The lowest BCUT2D eigenvalue weighted by molar-refractivity contribution is -0.192. The topological polar surface area (TPSA) is 196 Å². The Morgan fingerprint density at radius 3 is 2.16 bits per heavy atom. The van der Waals surface area contributed by atoms with Crippen molar-refractivity contribution < 1.29 is 37.4 Å². The highest BCUT2D eigenvalue weighted by atomic mass is 32.2. The Morgan fingerprint density at radius 2 is 1.72 bits per heavy atom. The molecule has 2 atom stereocenters. The molecule has 0 radical (unpaired) electrons. The molecule has 1 aliphatic rings. The van der Waals surface area contributed by atoms with Gasteiger partial charge in [-0.15, -0.1) is 0 Å². The van der Waals surface area contributed by atoms with E-state index in [0.717, 1.165) is 11.8 Å². The van der Waals surface area contributed by atoms with E-state index in [1.54, 1.807) is 12.1 Å². The number of carbonyl (C=O) groups is 3. The molecule has 1 aromatic carbocycles. The molecule has 1 saturated heterocycles. The number of ether oxygens (including phenoxy) is 1. The van der Waals surface area contributed by atoms with E-state index in [9.17, 15) is 33.3 Å². The van der Waals surface area contributed by atoms with Crippen LogP contribution in [0.5, 0.6) is 0 Å². The average molecular weight is 621 g/mol. The number of benzene rings is 1. The molecule has 1 unspecified atom stereocenters. The summed E-state index contributed by atoms with van der Waals surface area (Å²) in [7, 11) is 0. The number of rotatable bonds is 10. The predicted octanol–water partition coefficient (Wildman–Crippen LogP) is 3.30. The van der Waals surface area contributed by atoms with Gasteiger partial charge in [-0.2, -0.15) is 23.7 Å². The maximum Gasteiger partial charge on any atom is 0.490 e. The number of nitrogens with two attached hydrogens (primary N) is 2. The standard InChI is InChI=1S/C26H30N6O3S.C2HF3O2/c1-4-18-19(10-27)24(32-12-16(13-32)14-35-26(34)21(29)15(2)3)31-25(20(18)11-28)36-22(23(30)33)17-8-6-5-7-9-17;3-2(4,5)1(6)7/h5-9,15-16,21-22H,4,12-14,29H2,1-3H3,(H2,30,33);(H,6,7)/t21-,22?;/m0./s1. The van der Waals surface area contributed by atoms with Gasteiger partial charge < -0.3 is 26.2 Å². The number of carbonyl (C=O) groups excluding carboxylic acids is 2. The second kappa shape index (κ2) is 15.2. The van der Waals surface area contributed by atoms with Crippen molar-refractivity contribution in [3.05, 3.63) is 52.6 Å². The monoisotopic (exact) mass is 620 g/mol. The summed E-state index contributed by atoms with van der Waals surface area (Å²) >= 11 is 1.11. The van der Waals surface area contributed by atoms with Gasteiger partial charge in [0, 0.05) is 19.0 Å². The van der Waals surface area contributed by atoms with Crippen molar-refractivity contribution in [1.29, 1.82) is 10.5 Å². The van der Waals surface area contributed by atoms with Crippen molar-refractivity contribution >= 4 is 35.4 Å². The molecule has 1 amide bonds. The molecule has 0 spiro atoms. The van der Waals surface area contributed by atoms with Gasteiger partial charge in [0.1, 0.15) is 34.3 Å². The van der Waals surface area contributed by atoms with Crippen LogP contribution in [0.3, 0.4) is 0 Å². The van der Waals surface area contributed by atoms with Crippen LogP contribution in [0, 0.1) is 34.5 Å². The van der Waals surface area contributed by atoms with Crippen molar-refractivity contribution in [1.82, 2.24) is 4.98 Å². The van der Waals surface area contributed by atoms with Crippen molar-refractivity contribution in [2.75, 3.05) is 24.6 Å². The second-order valence-corrected chi connectivity index (χ2v) is 10.9. The van der Waals surface area contributed by atoms with Crippen LogP contribution in [0.2, 0.25) is 0 Å². The first-order valence-corrected chi connectivity index (χ1v) is 13.9. The molecule has 11 nitrogen and oxygen atoms in total. The van der Waals surface area contributed by atoms with Crippen molar-refractivity contribution in [2.45, 2.75) is 49.7 Å². The van der Waals surface area contributed by atoms with Gasteiger partial charge in [-0.25, -0.2) is 9.78 Å². The van der Waals surface area contributed by atoms with Crippen LogP contribution in [0.25, 0.3) is 0 Å². The van der Waals surface area contributed by atoms with Crippen molar-refractivity contribution in [3.63, 3.8) is 0 Å². The first kappa shape index (κ1) is 34.9. The highest BCUT2D eigenvalue weighted by Gasteiger charge is 2.38. The quantitative estimate of drug-likeness (QED) is 0.260. The number of aromatic nitrogens is 1. The summed E-state index contributed by atoms with van der Waals surface area (Å²) in [5.74, 6) is -3.23. The van der Waals surface area contributed by atoms with E-state index >= 15 is 0 Å². The van der Waals surface area contributed by atoms with Crippen LogP contribution in [0.4, 0.5) is 19.0 Å². The maximum absolute atomic E-state index is 12.3. The number of halogens is 3. The molecule has 3 rings (SSSR count). The Balaban J connectivity index is 0.000000821. The molecular weight excluding hydrogens is 589 g/mol. The van der Waals surface area contributed by atoms with Crippen LogP contribution in [-0.2, 0) is 25.5 Å². The van der Waals surface area contributed by atoms with Gasteiger partial charge in [-0.1, -0.05) is 62.9 Å². The first-order valence-electron chi connectivity index (χ1n) is 13.0. The molecule has 0 aliphatic carbocycles. The van der Waals surface area contributed by atoms with Gasteiger partial charge in [-0.05, 0) is 23.5 Å². The van der Waals surface area contributed by atoms with E-state index in [4.69, 9.17) is 26.1 Å². The molecule has 1 fully saturated rings. The third-order valence-corrected chi connectivity index (χ3v) is 7.63. The molecule has 43 heavy (non-hydrogen) atoms. The molecule has 0 bridgehead atoms. The third kappa shape index (κ3) is 9.07. The molecule has 5 N–H and O–H groups in total. The number of carboxylic acids is 1. The Kier molecular flexibility index (Phi) is 12.3. The molecular formula is C28H31F3N6O5S. The zero-order valence-corrected chi connectivity index (χ0v) is 24.4. The summed E-state index contributed by atoms with van der Waals surface area (Å²) < 4.78 is 37.1. The Hall–Kier alpha value is -4.34. The second-order valence-electron chi connectivity index (χ2n) is 9.83. The van der Waals surface area contributed by atoms with Crippen LogP contribution in [-0.4, -0.2) is 59.9 Å². The lowest BCUT2D eigenvalue weighted by Gasteiger charge is -2.40. The SMILES string of the molecule is CCc1c(C#N)c(SC(C(N)=O)c2ccccc2)nc(N2CC(COC(=O)[C@@H](N)C(C)C)C2)c1C#N.O=C(O)C(F)(F)F. The van der Waals surface area contributed by atoms with E-state index < -0.39 is 35.3 Å². The number of anilines is 1. The normalized spacial score (nSPS) is 14.3. The van der Waals surface area contributed by atoms with Crippen LogP contribution < -0.4 is 16.4 Å². The third-order valence-electron chi connectivity index (χ3n) is 6.37. The molecule has 230 valence electrons. The number of pyridine rings is 1. The van der Waals surface area contributed by atoms with Gasteiger partial charge in [0.15, 0.2) is 0 Å². The number of esters is 1. The number of thioether (sulfide) groups is 1. The van der Waals surface area contributed by atoms with Gasteiger partial charge in [0.05, 0.1) is 17.7 Å². The summed E-state index contributed by atoms with van der Waals surface area (Å²) in [6, 6.07) is 12.8. The number of aliphatic carboxylic acids is 1. The highest BCUT2D eigenvalue weighted by Crippen LogP contribution is 2.40. The zero-order valence-electron chi connectivity index (χ0n) is 23.6. The van der Waals surface area contributed by atoms with Gasteiger partial charge >= 0.3 is 18.1 Å². The fourth-order valence-corrected chi connectivity index (χ4v) is 5.00. The number of hydrogen-bond donors (Lipinski definition) is 3. The minimum absolute atomic E-state index is 0.0140. The number of alkyl halides is 3. The van der Waals surface area contributed by atoms with E-state index in [1.165, 1.54) is 0 Å². The smallest absolute Gasteiger partial charge is 0.475 e. The maximum atomic E-state index is 12.3. The summed E-state index contributed by atoms with van der Waals surface area (Å²) in [6.45, 7) is 6.88. The number of carboxylic acid groups (broad SMARTS) is 1. The molecule has 1 aromatic heterocycles. The number of amides is 1. The fraction of sp³-hybridized carbons (Fsp3) is 0.429. The van der Waals surface area contributed by atoms with Crippen LogP contribution in [0.1, 0.15) is 48.3 Å². The Bertz CT molecular complexity index is 1400.